The summed E-state index contributed by atoms with van der Waals surface area (Å²) in [4.78, 5) is 0. The first-order chi connectivity index (χ1) is 20.7. The molecule has 19 nitrogen and oxygen atoms in total. The summed E-state index contributed by atoms with van der Waals surface area (Å²) in [6.45, 7) is -0.753. The molecule has 14 N–H and O–H groups in total. The van der Waals surface area contributed by atoms with E-state index >= 15 is 0 Å². The molecule has 10 unspecified atom stereocenters. The fraction of sp³-hybridized carbons (Fsp3) is 0.920. The summed E-state index contributed by atoms with van der Waals surface area (Å²) in [5.41, 5.74) is 0.0225. The van der Waals surface area contributed by atoms with Crippen molar-refractivity contribution < 1.29 is 90.1 Å². The molecule has 3 fully saturated rings. The van der Waals surface area contributed by atoms with Gasteiger partial charge in [-0.05, 0) is 12.5 Å². The van der Waals surface area contributed by atoms with Crippen LogP contribution in [-0.4, -0.2) is 203 Å². The molecular formula is C25H43NO18. The Morgan fingerprint density at radius 1 is 0.636 bits per heavy atom. The van der Waals surface area contributed by atoms with Crippen LogP contribution in [0.2, 0.25) is 0 Å². The molecule has 4 aliphatic rings. The zero-order chi connectivity index (χ0) is 32.6. The van der Waals surface area contributed by atoms with E-state index in [4.69, 9.17) is 23.7 Å². The molecule has 0 aromatic carbocycles. The summed E-state index contributed by atoms with van der Waals surface area (Å²) in [7, 11) is 0. The van der Waals surface area contributed by atoms with Crippen molar-refractivity contribution >= 4 is 0 Å². The fourth-order valence-corrected chi connectivity index (χ4v) is 5.81. The molecule has 0 amide bonds. The van der Waals surface area contributed by atoms with Crippen LogP contribution < -0.4 is 5.32 Å². The van der Waals surface area contributed by atoms with Crippen LogP contribution in [0.15, 0.2) is 11.6 Å². The average molecular weight is 646 g/mol. The van der Waals surface area contributed by atoms with E-state index in [1.54, 1.807) is 0 Å². The molecule has 19 atom stereocenters. The van der Waals surface area contributed by atoms with Gasteiger partial charge in [-0.15, -0.1) is 0 Å². The lowest BCUT2D eigenvalue weighted by Gasteiger charge is -2.48. The zero-order valence-corrected chi connectivity index (χ0v) is 23.5. The largest absolute Gasteiger partial charge is 0.394 e. The minimum absolute atomic E-state index is 0.0225. The molecule has 3 aliphatic heterocycles. The molecule has 0 saturated carbocycles. The third kappa shape index (κ3) is 6.96. The highest BCUT2D eigenvalue weighted by atomic mass is 16.7. The number of nitrogens with one attached hydrogen (secondary N) is 1. The van der Waals surface area contributed by atoms with E-state index in [0.29, 0.717) is 0 Å². The predicted octanol–water partition coefficient (Wildman–Crippen LogP) is -8.56. The molecule has 4 rings (SSSR count). The van der Waals surface area contributed by atoms with Crippen molar-refractivity contribution in [3.8, 4) is 0 Å². The standard InChI is InChI=1S/C25H43NO18/c1-6-11(26-8-2-7(3-27)12(30)15(33)13(8)31)14(32)19(37)24(40-6)43-22-10(5-29)42-25(20(38)17(22)35)44-21-9(4-28)41-23(39)18(36)16(21)34/h2,6,8-39H,3-5H2,1H3/t6?,8-,9+,10+,11?,12-,13-,14?,15-,16?,17?,18?,19?,20?,21?,22?,23+,24+,25+/m0/s1. The van der Waals surface area contributed by atoms with Gasteiger partial charge < -0.3 is 95.4 Å². The van der Waals surface area contributed by atoms with Crippen molar-refractivity contribution in [1.29, 1.82) is 0 Å². The maximum Gasteiger partial charge on any atom is 0.187 e. The van der Waals surface area contributed by atoms with Gasteiger partial charge in [0.25, 0.3) is 0 Å². The summed E-state index contributed by atoms with van der Waals surface area (Å²) in [6, 6.07) is -2.17. The number of aliphatic hydroxyl groups is 13. The first-order valence-electron chi connectivity index (χ1n) is 14.1. The van der Waals surface area contributed by atoms with Crippen LogP contribution >= 0.6 is 0 Å². The molecule has 1 aliphatic carbocycles. The summed E-state index contributed by atoms with van der Waals surface area (Å²) in [5, 5.41) is 136. The first kappa shape index (κ1) is 35.8. The topological polar surface area (TPSA) is 321 Å². The Morgan fingerprint density at radius 3 is 1.73 bits per heavy atom. The van der Waals surface area contributed by atoms with Gasteiger partial charge >= 0.3 is 0 Å². The van der Waals surface area contributed by atoms with E-state index in [2.05, 4.69) is 5.32 Å². The summed E-state index contributed by atoms with van der Waals surface area (Å²) < 4.78 is 27.4. The quantitative estimate of drug-likeness (QED) is 0.103. The van der Waals surface area contributed by atoms with Gasteiger partial charge in [0.2, 0.25) is 0 Å². The number of aliphatic hydroxyl groups excluding tert-OH is 13. The van der Waals surface area contributed by atoms with Crippen molar-refractivity contribution in [3.63, 3.8) is 0 Å². The lowest BCUT2D eigenvalue weighted by molar-refractivity contribution is -0.373. The molecule has 0 radical (unpaired) electrons. The Hall–Kier alpha value is -1.02. The van der Waals surface area contributed by atoms with Crippen LogP contribution in [0.3, 0.4) is 0 Å². The van der Waals surface area contributed by atoms with Crippen LogP contribution in [0, 0.1) is 0 Å². The highest BCUT2D eigenvalue weighted by molar-refractivity contribution is 5.22. The number of ether oxygens (including phenoxy) is 5. The molecule has 19 heteroatoms. The monoisotopic (exact) mass is 645 g/mol. The van der Waals surface area contributed by atoms with Gasteiger partial charge in [-0.2, -0.15) is 0 Å². The van der Waals surface area contributed by atoms with Crippen LogP contribution in [0.5, 0.6) is 0 Å². The lowest BCUT2D eigenvalue weighted by Crippen LogP contribution is -2.68. The van der Waals surface area contributed by atoms with E-state index in [-0.39, 0.29) is 5.57 Å². The van der Waals surface area contributed by atoms with Crippen LogP contribution in [-0.2, 0) is 23.7 Å². The number of hydrogen-bond acceptors (Lipinski definition) is 19. The highest BCUT2D eigenvalue weighted by Crippen LogP contribution is 2.32. The lowest BCUT2D eigenvalue weighted by atomic mass is 9.86. The summed E-state index contributed by atoms with van der Waals surface area (Å²) in [5.74, 6) is 0. The Morgan fingerprint density at radius 2 is 1.16 bits per heavy atom. The first-order valence-corrected chi connectivity index (χ1v) is 14.1. The predicted molar refractivity (Wildman–Crippen MR) is 138 cm³/mol. The molecule has 44 heavy (non-hydrogen) atoms. The van der Waals surface area contributed by atoms with Crippen molar-refractivity contribution in [3.05, 3.63) is 11.6 Å². The van der Waals surface area contributed by atoms with Gasteiger partial charge in [0.15, 0.2) is 18.9 Å². The van der Waals surface area contributed by atoms with E-state index in [0.717, 1.165) is 0 Å². The van der Waals surface area contributed by atoms with Crippen LogP contribution in [0.1, 0.15) is 6.92 Å². The van der Waals surface area contributed by atoms with Crippen LogP contribution in [0.4, 0.5) is 0 Å². The minimum atomic E-state index is -1.93. The van der Waals surface area contributed by atoms with Gasteiger partial charge in [0.05, 0.1) is 38.0 Å². The van der Waals surface area contributed by atoms with E-state index in [1.807, 2.05) is 0 Å². The fourth-order valence-electron chi connectivity index (χ4n) is 5.81. The van der Waals surface area contributed by atoms with Gasteiger partial charge in [0.1, 0.15) is 79.4 Å². The van der Waals surface area contributed by atoms with Gasteiger partial charge in [0, 0.05) is 0 Å². The Labute approximate surface area is 250 Å². The second-order valence-electron chi connectivity index (χ2n) is 11.4. The number of hydrogen-bond donors (Lipinski definition) is 14. The molecule has 3 heterocycles. The highest BCUT2D eigenvalue weighted by Gasteiger charge is 2.53. The Balaban J connectivity index is 1.42. The van der Waals surface area contributed by atoms with Crippen molar-refractivity contribution in [2.24, 2.45) is 0 Å². The second kappa shape index (κ2) is 14.8. The number of rotatable bonds is 9. The van der Waals surface area contributed by atoms with Crippen molar-refractivity contribution in [2.75, 3.05) is 19.8 Å². The molecular weight excluding hydrogens is 602 g/mol. The van der Waals surface area contributed by atoms with E-state index in [1.165, 1.54) is 13.0 Å². The second-order valence-corrected chi connectivity index (χ2v) is 11.4. The maximum atomic E-state index is 10.9. The van der Waals surface area contributed by atoms with Gasteiger partial charge in [-0.3, -0.25) is 0 Å². The van der Waals surface area contributed by atoms with Crippen molar-refractivity contribution in [1.82, 2.24) is 5.32 Å². The smallest absolute Gasteiger partial charge is 0.187 e. The molecule has 0 spiro atoms. The zero-order valence-electron chi connectivity index (χ0n) is 23.5. The third-order valence-corrected chi connectivity index (χ3v) is 8.48. The van der Waals surface area contributed by atoms with Gasteiger partial charge in [-0.25, -0.2) is 0 Å². The van der Waals surface area contributed by atoms with Gasteiger partial charge in [-0.1, -0.05) is 6.08 Å². The van der Waals surface area contributed by atoms with Crippen molar-refractivity contribution in [2.45, 2.75) is 123 Å². The molecule has 0 aromatic heterocycles. The summed E-state index contributed by atoms with van der Waals surface area (Å²) in [6.07, 6.45) is -26.6. The molecule has 0 bridgehead atoms. The maximum absolute atomic E-state index is 10.9. The Kier molecular flexibility index (Phi) is 12.1. The minimum Gasteiger partial charge on any atom is -0.394 e. The van der Waals surface area contributed by atoms with E-state index in [9.17, 15) is 66.4 Å². The molecule has 256 valence electrons. The van der Waals surface area contributed by atoms with E-state index < -0.39 is 136 Å². The Bertz CT molecular complexity index is 958. The molecule has 3 saturated heterocycles. The third-order valence-electron chi connectivity index (χ3n) is 8.48. The SMILES string of the molecule is CC1O[C@H](OC2C(O)C(O)[C@@H](OC3C(O)C(O)[C@H](O)O[C@@H]3CO)O[C@@H]2CO)C(O)C(O)C1N[C@H]1C=C(CO)[C@H](O)[C@H](O)[C@H]1O. The normalized spacial score (nSPS) is 52.0. The average Bonchev–Trinajstić information content (AvgIpc) is 3.00. The summed E-state index contributed by atoms with van der Waals surface area (Å²) >= 11 is 0. The molecule has 0 aromatic rings. The van der Waals surface area contributed by atoms with Crippen LogP contribution in [0.25, 0.3) is 0 Å².